The molecule has 23 heavy (non-hydrogen) atoms. The van der Waals surface area contributed by atoms with Gasteiger partial charge in [-0.2, -0.15) is 0 Å². The van der Waals surface area contributed by atoms with E-state index >= 15 is 0 Å². The normalized spacial score (nSPS) is 29.7. The molecule has 2 bridgehead atoms. The molecule has 3 nitrogen and oxygen atoms in total. The van der Waals surface area contributed by atoms with E-state index in [-0.39, 0.29) is 11.3 Å². The Kier molecular flexibility index (Phi) is 4.09. The summed E-state index contributed by atoms with van der Waals surface area (Å²) in [5, 5.41) is 0. The average Bonchev–Trinajstić information content (AvgIpc) is 2.49. The van der Waals surface area contributed by atoms with Crippen molar-refractivity contribution in [1.29, 1.82) is 0 Å². The first kappa shape index (κ1) is 16.3. The van der Waals surface area contributed by atoms with E-state index in [1.165, 1.54) is 16.7 Å². The first-order valence-electron chi connectivity index (χ1n) is 8.63. The van der Waals surface area contributed by atoms with Gasteiger partial charge >= 0.3 is 0 Å². The fourth-order valence-corrected chi connectivity index (χ4v) is 4.39. The summed E-state index contributed by atoms with van der Waals surface area (Å²) in [6.07, 6.45) is 4.54. The molecule has 2 N–H and O–H groups in total. The fourth-order valence-electron chi connectivity index (χ4n) is 4.39. The van der Waals surface area contributed by atoms with Crippen LogP contribution < -0.4 is 5.73 Å². The molecule has 1 heterocycles. The van der Waals surface area contributed by atoms with Gasteiger partial charge in [0, 0.05) is 18.2 Å². The van der Waals surface area contributed by atoms with Crippen molar-refractivity contribution in [3.05, 3.63) is 46.5 Å². The molecule has 1 aliphatic heterocycles. The molecule has 1 amide bonds. The molecule has 1 fully saturated rings. The van der Waals surface area contributed by atoms with Crippen LogP contribution in [0.5, 0.6) is 0 Å². The molecule has 1 aromatic rings. The molecule has 1 aromatic carbocycles. The maximum absolute atomic E-state index is 11.6. The Morgan fingerprint density at radius 1 is 1.43 bits per heavy atom. The van der Waals surface area contributed by atoms with Crippen LogP contribution in [0.1, 0.15) is 55.6 Å². The summed E-state index contributed by atoms with van der Waals surface area (Å²) in [7, 11) is 0. The standard InChI is InChI=1S/C20H28N2O/c1-13(2)7-9-22-10-8-20(4)14(3)18(22)12-15-5-6-16(19(21)23)11-17(15)20/h5-7,11,14,18H,8-10,12H2,1-4H3,(H2,21,23)/t14-,18?,20?/m0/s1. The second-order valence-electron chi connectivity index (χ2n) is 7.74. The van der Waals surface area contributed by atoms with Gasteiger partial charge in [-0.05, 0) is 67.8 Å². The number of nitrogens with zero attached hydrogens (tertiary/aromatic N) is 1. The third kappa shape index (κ3) is 2.72. The third-order valence-corrected chi connectivity index (χ3v) is 6.14. The Labute approximate surface area is 139 Å². The minimum atomic E-state index is -0.327. The predicted molar refractivity (Wildman–Crippen MR) is 94.6 cm³/mol. The Bertz CT molecular complexity index is 660. The van der Waals surface area contributed by atoms with E-state index in [0.29, 0.717) is 17.5 Å². The summed E-state index contributed by atoms with van der Waals surface area (Å²) >= 11 is 0. The quantitative estimate of drug-likeness (QED) is 0.871. The molecule has 3 rings (SSSR count). The second kappa shape index (κ2) is 5.79. The van der Waals surface area contributed by atoms with Crippen molar-refractivity contribution in [3.63, 3.8) is 0 Å². The number of nitrogens with two attached hydrogens (primary N) is 1. The van der Waals surface area contributed by atoms with Crippen LogP contribution in [0.15, 0.2) is 29.8 Å². The Balaban J connectivity index is 1.98. The molecule has 124 valence electrons. The molecule has 2 unspecified atom stereocenters. The van der Waals surface area contributed by atoms with Gasteiger partial charge in [-0.15, -0.1) is 0 Å². The van der Waals surface area contributed by atoms with Crippen LogP contribution in [0.4, 0.5) is 0 Å². The van der Waals surface area contributed by atoms with Gasteiger partial charge in [0.15, 0.2) is 0 Å². The number of benzene rings is 1. The summed E-state index contributed by atoms with van der Waals surface area (Å²) in [4.78, 5) is 14.2. The number of allylic oxidation sites excluding steroid dienone is 1. The zero-order chi connectivity index (χ0) is 16.8. The number of fused-ring (bicyclic) bond motifs is 4. The number of hydrogen-bond acceptors (Lipinski definition) is 2. The van der Waals surface area contributed by atoms with Gasteiger partial charge < -0.3 is 5.73 Å². The molecule has 3 atom stereocenters. The van der Waals surface area contributed by atoms with Crippen LogP contribution in [0.25, 0.3) is 0 Å². The van der Waals surface area contributed by atoms with E-state index in [0.717, 1.165) is 25.9 Å². The first-order chi connectivity index (χ1) is 10.8. The van der Waals surface area contributed by atoms with Crippen molar-refractivity contribution in [1.82, 2.24) is 4.90 Å². The first-order valence-corrected chi connectivity index (χ1v) is 8.63. The molecule has 0 saturated carbocycles. The maximum Gasteiger partial charge on any atom is 0.248 e. The van der Waals surface area contributed by atoms with Crippen LogP contribution >= 0.6 is 0 Å². The summed E-state index contributed by atoms with van der Waals surface area (Å²) in [5.41, 5.74) is 10.4. The highest BCUT2D eigenvalue weighted by atomic mass is 16.1. The third-order valence-electron chi connectivity index (χ3n) is 6.14. The number of hydrogen-bond donors (Lipinski definition) is 1. The van der Waals surface area contributed by atoms with Gasteiger partial charge in [0.25, 0.3) is 0 Å². The lowest BCUT2D eigenvalue weighted by Gasteiger charge is -2.54. The summed E-state index contributed by atoms with van der Waals surface area (Å²) in [5.74, 6) is 0.254. The van der Waals surface area contributed by atoms with Crippen molar-refractivity contribution in [2.45, 2.75) is 52.0 Å². The van der Waals surface area contributed by atoms with Crippen molar-refractivity contribution < 1.29 is 4.79 Å². The Morgan fingerprint density at radius 3 is 2.83 bits per heavy atom. The van der Waals surface area contributed by atoms with Crippen molar-refractivity contribution >= 4 is 5.91 Å². The van der Waals surface area contributed by atoms with Crippen molar-refractivity contribution in [3.8, 4) is 0 Å². The topological polar surface area (TPSA) is 46.3 Å². The minimum absolute atomic E-state index is 0.144. The average molecular weight is 312 g/mol. The summed E-state index contributed by atoms with van der Waals surface area (Å²) < 4.78 is 0. The molecule has 2 aliphatic rings. The van der Waals surface area contributed by atoms with Crippen molar-refractivity contribution in [2.24, 2.45) is 11.7 Å². The van der Waals surface area contributed by atoms with E-state index in [1.54, 1.807) is 0 Å². The lowest BCUT2D eigenvalue weighted by Crippen LogP contribution is -2.57. The number of amides is 1. The molecule has 0 spiro atoms. The summed E-state index contributed by atoms with van der Waals surface area (Å²) in [6.45, 7) is 11.2. The monoisotopic (exact) mass is 312 g/mol. The van der Waals surface area contributed by atoms with Crippen LogP contribution in [-0.2, 0) is 11.8 Å². The van der Waals surface area contributed by atoms with E-state index in [2.05, 4.69) is 50.8 Å². The zero-order valence-corrected chi connectivity index (χ0v) is 14.7. The molecular weight excluding hydrogens is 284 g/mol. The van der Waals surface area contributed by atoms with E-state index in [4.69, 9.17) is 5.73 Å². The van der Waals surface area contributed by atoms with Crippen molar-refractivity contribution in [2.75, 3.05) is 13.1 Å². The Morgan fingerprint density at radius 2 is 2.17 bits per heavy atom. The van der Waals surface area contributed by atoms with Gasteiger partial charge in [0.2, 0.25) is 5.91 Å². The van der Waals surface area contributed by atoms with Gasteiger partial charge in [-0.25, -0.2) is 0 Å². The summed E-state index contributed by atoms with van der Waals surface area (Å²) in [6, 6.07) is 6.64. The SMILES string of the molecule is CC(C)=CCN1CCC2(C)c3cc(C(N)=O)ccc3CC1[C@@H]2C. The van der Waals surface area contributed by atoms with Gasteiger partial charge in [-0.1, -0.05) is 31.6 Å². The number of primary amides is 1. The number of carbonyl (C=O) groups is 1. The van der Waals surface area contributed by atoms with E-state index < -0.39 is 0 Å². The second-order valence-corrected chi connectivity index (χ2v) is 7.74. The molecule has 0 aromatic heterocycles. The molecule has 1 aliphatic carbocycles. The highest BCUT2D eigenvalue weighted by Gasteiger charge is 2.48. The molecule has 0 radical (unpaired) electrons. The van der Waals surface area contributed by atoms with Gasteiger partial charge in [0.1, 0.15) is 0 Å². The van der Waals surface area contributed by atoms with Crippen LogP contribution in [0.3, 0.4) is 0 Å². The van der Waals surface area contributed by atoms with Gasteiger partial charge in [-0.3, -0.25) is 9.69 Å². The number of likely N-dealkylation sites (tertiary alicyclic amines) is 1. The largest absolute Gasteiger partial charge is 0.366 e. The lowest BCUT2D eigenvalue weighted by atomic mass is 9.59. The highest BCUT2D eigenvalue weighted by Crippen LogP contribution is 2.48. The number of carbonyl (C=O) groups excluding carboxylic acids is 1. The minimum Gasteiger partial charge on any atom is -0.366 e. The van der Waals surface area contributed by atoms with Crippen LogP contribution in [0, 0.1) is 5.92 Å². The fraction of sp³-hybridized carbons (Fsp3) is 0.550. The molecule has 3 heteroatoms. The van der Waals surface area contributed by atoms with E-state index in [9.17, 15) is 4.79 Å². The molecule has 1 saturated heterocycles. The van der Waals surface area contributed by atoms with Crippen LogP contribution in [-0.4, -0.2) is 29.9 Å². The van der Waals surface area contributed by atoms with Gasteiger partial charge in [0.05, 0.1) is 0 Å². The molecular formula is C20H28N2O. The maximum atomic E-state index is 11.6. The smallest absolute Gasteiger partial charge is 0.248 e. The number of piperidine rings is 1. The van der Waals surface area contributed by atoms with E-state index in [1.807, 2.05) is 6.07 Å². The number of rotatable bonds is 3. The lowest BCUT2D eigenvalue weighted by molar-refractivity contribution is 0.0397. The Hall–Kier alpha value is -1.61. The zero-order valence-electron chi connectivity index (χ0n) is 14.7. The highest BCUT2D eigenvalue weighted by molar-refractivity contribution is 5.93. The predicted octanol–water partition coefficient (Wildman–Crippen LogP) is 3.28. The van der Waals surface area contributed by atoms with Crippen LogP contribution in [0.2, 0.25) is 0 Å².